The van der Waals surface area contributed by atoms with Gasteiger partial charge in [0.2, 0.25) is 0 Å². The Morgan fingerprint density at radius 2 is 2.35 bits per heavy atom. The van der Waals surface area contributed by atoms with Gasteiger partial charge in [-0.1, -0.05) is 11.6 Å². The lowest BCUT2D eigenvalue weighted by molar-refractivity contribution is -0.386. The SMILES string of the molecule is O=[N+]([O-])c1ccc(Cl)nc1O[C@@H]1COC[C@H]1O. The number of rotatable bonds is 3. The minimum atomic E-state index is -0.824. The van der Waals surface area contributed by atoms with E-state index < -0.39 is 17.1 Å². The van der Waals surface area contributed by atoms with Gasteiger partial charge >= 0.3 is 5.69 Å². The van der Waals surface area contributed by atoms with Crippen LogP contribution in [-0.2, 0) is 4.74 Å². The quantitative estimate of drug-likeness (QED) is 0.490. The van der Waals surface area contributed by atoms with Gasteiger partial charge in [-0.15, -0.1) is 0 Å². The first-order chi connectivity index (χ1) is 8.08. The Morgan fingerprint density at radius 3 is 2.94 bits per heavy atom. The molecule has 1 aliphatic heterocycles. The van der Waals surface area contributed by atoms with Crippen LogP contribution in [0.15, 0.2) is 12.1 Å². The maximum atomic E-state index is 10.7. The van der Waals surface area contributed by atoms with Crippen molar-refractivity contribution in [3.63, 3.8) is 0 Å². The van der Waals surface area contributed by atoms with Gasteiger partial charge in [-0.25, -0.2) is 0 Å². The normalized spacial score (nSPS) is 23.6. The fraction of sp³-hybridized carbons (Fsp3) is 0.444. The van der Waals surface area contributed by atoms with Gasteiger partial charge in [0, 0.05) is 6.07 Å². The minimum absolute atomic E-state index is 0.0824. The molecule has 1 N–H and O–H groups in total. The molecule has 1 aromatic heterocycles. The number of nitro groups is 1. The van der Waals surface area contributed by atoms with Gasteiger partial charge in [0.15, 0.2) is 6.10 Å². The molecule has 0 amide bonds. The first kappa shape index (κ1) is 12.0. The second-order valence-electron chi connectivity index (χ2n) is 3.48. The van der Waals surface area contributed by atoms with E-state index in [1.165, 1.54) is 12.1 Å². The van der Waals surface area contributed by atoms with Crippen LogP contribution in [-0.4, -0.2) is 40.4 Å². The van der Waals surface area contributed by atoms with E-state index in [2.05, 4.69) is 4.98 Å². The summed E-state index contributed by atoms with van der Waals surface area (Å²) in [5.74, 6) is -0.211. The number of hydrogen-bond donors (Lipinski definition) is 1. The van der Waals surface area contributed by atoms with Gasteiger partial charge in [0.05, 0.1) is 18.1 Å². The summed E-state index contributed by atoms with van der Waals surface area (Å²) in [6.45, 7) is 0.297. The molecule has 92 valence electrons. The lowest BCUT2D eigenvalue weighted by Gasteiger charge is -2.14. The molecule has 0 bridgehead atoms. The molecule has 2 atom stereocenters. The van der Waals surface area contributed by atoms with Gasteiger partial charge in [-0.05, 0) is 6.07 Å². The van der Waals surface area contributed by atoms with Crippen molar-refractivity contribution in [3.05, 3.63) is 27.4 Å². The third-order valence-corrected chi connectivity index (χ3v) is 2.48. The molecule has 0 aliphatic carbocycles. The van der Waals surface area contributed by atoms with Gasteiger partial charge < -0.3 is 14.6 Å². The Labute approximate surface area is 101 Å². The number of halogens is 1. The second-order valence-corrected chi connectivity index (χ2v) is 3.86. The number of aliphatic hydroxyl groups is 1. The molecule has 0 unspecified atom stereocenters. The van der Waals surface area contributed by atoms with E-state index in [1.54, 1.807) is 0 Å². The molecular formula is C9H9ClN2O5. The number of ether oxygens (including phenoxy) is 2. The Bertz CT molecular complexity index is 441. The van der Waals surface area contributed by atoms with Crippen LogP contribution in [0.25, 0.3) is 0 Å². The first-order valence-corrected chi connectivity index (χ1v) is 5.19. The van der Waals surface area contributed by atoms with Crippen LogP contribution < -0.4 is 4.74 Å². The Balaban J connectivity index is 2.24. The molecule has 7 nitrogen and oxygen atoms in total. The maximum absolute atomic E-state index is 10.7. The molecule has 1 saturated heterocycles. The van der Waals surface area contributed by atoms with Gasteiger partial charge in [-0.2, -0.15) is 4.98 Å². The van der Waals surface area contributed by atoms with Crippen molar-refractivity contribution in [1.29, 1.82) is 0 Å². The molecular weight excluding hydrogens is 252 g/mol. The highest BCUT2D eigenvalue weighted by Crippen LogP contribution is 2.28. The predicted octanol–water partition coefficient (Wildman–Crippen LogP) is 0.782. The van der Waals surface area contributed by atoms with Crippen LogP contribution in [0.3, 0.4) is 0 Å². The topological polar surface area (TPSA) is 94.7 Å². The van der Waals surface area contributed by atoms with Gasteiger partial charge in [0.1, 0.15) is 11.3 Å². The van der Waals surface area contributed by atoms with Gasteiger partial charge in [-0.3, -0.25) is 10.1 Å². The number of hydrogen-bond acceptors (Lipinski definition) is 6. The summed E-state index contributed by atoms with van der Waals surface area (Å²) >= 11 is 5.64. The number of aliphatic hydroxyl groups excluding tert-OH is 1. The fourth-order valence-corrected chi connectivity index (χ4v) is 1.56. The predicted molar refractivity (Wildman–Crippen MR) is 57.1 cm³/mol. The summed E-state index contributed by atoms with van der Waals surface area (Å²) in [6, 6.07) is 2.50. The molecule has 2 heterocycles. The van der Waals surface area contributed by atoms with Crippen molar-refractivity contribution in [2.45, 2.75) is 12.2 Å². The number of nitrogens with zero attached hydrogens (tertiary/aromatic N) is 2. The van der Waals surface area contributed by atoms with Crippen LogP contribution in [0.1, 0.15) is 0 Å². The Hall–Kier alpha value is -1.44. The van der Waals surface area contributed by atoms with E-state index >= 15 is 0 Å². The lowest BCUT2D eigenvalue weighted by Crippen LogP contribution is -2.30. The third kappa shape index (κ3) is 2.63. The Kier molecular flexibility index (Phi) is 3.41. The summed E-state index contributed by atoms with van der Waals surface area (Å²) in [7, 11) is 0. The first-order valence-electron chi connectivity index (χ1n) is 4.81. The van der Waals surface area contributed by atoms with E-state index in [4.69, 9.17) is 21.1 Å². The van der Waals surface area contributed by atoms with E-state index in [1.807, 2.05) is 0 Å². The van der Waals surface area contributed by atoms with Crippen LogP contribution in [0.5, 0.6) is 5.88 Å². The van der Waals surface area contributed by atoms with Crippen LogP contribution in [0.2, 0.25) is 5.15 Å². The van der Waals surface area contributed by atoms with E-state index in [-0.39, 0.29) is 29.9 Å². The summed E-state index contributed by atoms with van der Waals surface area (Å²) in [4.78, 5) is 13.8. The smallest absolute Gasteiger partial charge is 0.331 e. The van der Waals surface area contributed by atoms with Crippen LogP contribution in [0, 0.1) is 10.1 Å². The molecule has 17 heavy (non-hydrogen) atoms. The fourth-order valence-electron chi connectivity index (χ4n) is 1.42. The molecule has 0 aromatic carbocycles. The van der Waals surface area contributed by atoms with Crippen LogP contribution >= 0.6 is 11.6 Å². The monoisotopic (exact) mass is 260 g/mol. The summed E-state index contributed by atoms with van der Waals surface area (Å²) in [5.41, 5.74) is -0.298. The van der Waals surface area contributed by atoms with Crippen molar-refractivity contribution in [3.8, 4) is 5.88 Å². The van der Waals surface area contributed by atoms with E-state index in [0.29, 0.717) is 0 Å². The van der Waals surface area contributed by atoms with E-state index in [0.717, 1.165) is 0 Å². The molecule has 8 heteroatoms. The molecule has 1 aliphatic rings. The van der Waals surface area contributed by atoms with Gasteiger partial charge in [0.25, 0.3) is 5.88 Å². The largest absolute Gasteiger partial charge is 0.464 e. The summed E-state index contributed by atoms with van der Waals surface area (Å²) < 4.78 is 10.2. The zero-order chi connectivity index (χ0) is 12.4. The third-order valence-electron chi connectivity index (χ3n) is 2.27. The molecule has 1 fully saturated rings. The average Bonchev–Trinajstić information content (AvgIpc) is 2.64. The zero-order valence-electron chi connectivity index (χ0n) is 8.58. The highest BCUT2D eigenvalue weighted by Gasteiger charge is 2.31. The Morgan fingerprint density at radius 1 is 1.59 bits per heavy atom. The lowest BCUT2D eigenvalue weighted by atomic mass is 10.2. The number of aromatic nitrogens is 1. The highest BCUT2D eigenvalue weighted by atomic mass is 35.5. The molecule has 0 spiro atoms. The van der Waals surface area contributed by atoms with Crippen molar-refractivity contribution in [2.24, 2.45) is 0 Å². The zero-order valence-corrected chi connectivity index (χ0v) is 9.33. The van der Waals surface area contributed by atoms with Crippen molar-refractivity contribution in [1.82, 2.24) is 4.98 Å². The van der Waals surface area contributed by atoms with Crippen molar-refractivity contribution < 1.29 is 19.5 Å². The minimum Gasteiger partial charge on any atom is -0.464 e. The second kappa shape index (κ2) is 4.82. The molecule has 0 radical (unpaired) electrons. The summed E-state index contributed by atoms with van der Waals surface area (Å²) in [6.07, 6.45) is -1.49. The molecule has 2 rings (SSSR count). The van der Waals surface area contributed by atoms with Crippen molar-refractivity contribution >= 4 is 17.3 Å². The maximum Gasteiger partial charge on any atom is 0.331 e. The van der Waals surface area contributed by atoms with Crippen molar-refractivity contribution in [2.75, 3.05) is 13.2 Å². The average molecular weight is 261 g/mol. The standard InChI is InChI=1S/C9H9ClN2O5/c10-8-2-1-5(12(14)15)9(11-8)17-7-4-16-3-6(7)13/h1-2,6-7,13H,3-4H2/t6-,7-/m1/s1. The highest BCUT2D eigenvalue weighted by molar-refractivity contribution is 6.29. The van der Waals surface area contributed by atoms with Crippen LogP contribution in [0.4, 0.5) is 5.69 Å². The van der Waals surface area contributed by atoms with E-state index in [9.17, 15) is 15.2 Å². The summed E-state index contributed by atoms with van der Waals surface area (Å²) in [5, 5.41) is 20.3. The molecule has 0 saturated carbocycles. The molecule has 1 aromatic rings. The number of pyridine rings is 1.